The highest BCUT2D eigenvalue weighted by atomic mass is 35.5. The molecule has 0 atom stereocenters. The molecule has 1 fully saturated rings. The molecule has 120 valence electrons. The van der Waals surface area contributed by atoms with Gasteiger partial charge >= 0.3 is 0 Å². The van der Waals surface area contributed by atoms with Crippen LogP contribution in [0.3, 0.4) is 0 Å². The van der Waals surface area contributed by atoms with Crippen LogP contribution in [-0.4, -0.2) is 16.7 Å². The van der Waals surface area contributed by atoms with Gasteiger partial charge in [0, 0.05) is 5.56 Å². The maximum atomic E-state index is 6.36. The van der Waals surface area contributed by atoms with Gasteiger partial charge in [-0.2, -0.15) is 4.98 Å². The Labute approximate surface area is 136 Å². The summed E-state index contributed by atoms with van der Waals surface area (Å²) in [5, 5.41) is 4.09. The number of nitrogens with two attached hydrogens (primary N) is 1. The van der Waals surface area contributed by atoms with E-state index in [2.05, 4.69) is 17.1 Å². The number of hydrogen-bond acceptors (Lipinski definition) is 5. The van der Waals surface area contributed by atoms with Gasteiger partial charge in [-0.15, -0.1) is 12.4 Å². The van der Waals surface area contributed by atoms with E-state index in [1.165, 1.54) is 0 Å². The summed E-state index contributed by atoms with van der Waals surface area (Å²) in [4.78, 5) is 4.50. The largest absolute Gasteiger partial charge is 0.494 e. The number of rotatable bonds is 5. The van der Waals surface area contributed by atoms with Crippen molar-refractivity contribution in [1.29, 1.82) is 0 Å². The number of ether oxygens (including phenoxy) is 1. The molecule has 2 aromatic rings. The van der Waals surface area contributed by atoms with E-state index in [-0.39, 0.29) is 12.4 Å². The Balaban J connectivity index is 0.00000176. The molecule has 0 spiro atoms. The fourth-order valence-electron chi connectivity index (χ4n) is 2.71. The molecule has 0 amide bonds. The van der Waals surface area contributed by atoms with Crippen molar-refractivity contribution in [2.45, 2.75) is 44.6 Å². The van der Waals surface area contributed by atoms with E-state index < -0.39 is 5.54 Å². The molecule has 0 aliphatic heterocycles. The highest BCUT2D eigenvalue weighted by Crippen LogP contribution is 2.35. The Hall–Kier alpha value is -1.59. The van der Waals surface area contributed by atoms with E-state index in [4.69, 9.17) is 15.0 Å². The first-order valence-electron chi connectivity index (χ1n) is 7.57. The molecule has 0 bridgehead atoms. The standard InChI is InChI=1S/C16H21N3O2.ClH/c1-2-10-20-13-7-5-6-12(11-13)14-18-15(19-21-14)16(17)8-3-4-9-16;/h5-7,11H,2-4,8-10,17H2,1H3;1H. The first-order valence-corrected chi connectivity index (χ1v) is 7.57. The summed E-state index contributed by atoms with van der Waals surface area (Å²) < 4.78 is 11.0. The molecule has 5 nitrogen and oxygen atoms in total. The van der Waals surface area contributed by atoms with E-state index in [1.54, 1.807) is 0 Å². The van der Waals surface area contributed by atoms with Gasteiger partial charge in [0.05, 0.1) is 12.1 Å². The van der Waals surface area contributed by atoms with Gasteiger partial charge < -0.3 is 15.0 Å². The van der Waals surface area contributed by atoms with Crippen molar-refractivity contribution in [2.24, 2.45) is 5.73 Å². The minimum absolute atomic E-state index is 0. The fraction of sp³-hybridized carbons (Fsp3) is 0.500. The highest BCUT2D eigenvalue weighted by molar-refractivity contribution is 5.85. The molecular weight excluding hydrogens is 302 g/mol. The molecule has 0 unspecified atom stereocenters. The van der Waals surface area contributed by atoms with Gasteiger partial charge in [0.15, 0.2) is 5.82 Å². The molecular formula is C16H22ClN3O2. The molecule has 22 heavy (non-hydrogen) atoms. The molecule has 3 rings (SSSR count). The second-order valence-electron chi connectivity index (χ2n) is 5.66. The zero-order chi connectivity index (χ0) is 14.7. The van der Waals surface area contributed by atoms with Crippen LogP contribution in [0.5, 0.6) is 5.75 Å². The molecule has 1 aromatic carbocycles. The van der Waals surface area contributed by atoms with Crippen LogP contribution in [0, 0.1) is 0 Å². The molecule has 1 heterocycles. The van der Waals surface area contributed by atoms with E-state index >= 15 is 0 Å². The normalized spacial score (nSPS) is 16.3. The van der Waals surface area contributed by atoms with Crippen LogP contribution in [0.15, 0.2) is 28.8 Å². The lowest BCUT2D eigenvalue weighted by molar-refractivity contribution is 0.317. The van der Waals surface area contributed by atoms with Gasteiger partial charge in [-0.25, -0.2) is 0 Å². The van der Waals surface area contributed by atoms with Gasteiger partial charge in [-0.1, -0.05) is 31.0 Å². The molecule has 1 aliphatic rings. The van der Waals surface area contributed by atoms with E-state index in [0.717, 1.165) is 43.4 Å². The van der Waals surface area contributed by atoms with Crippen LogP contribution in [-0.2, 0) is 5.54 Å². The predicted molar refractivity (Wildman–Crippen MR) is 87.1 cm³/mol. The topological polar surface area (TPSA) is 74.2 Å². The third kappa shape index (κ3) is 3.42. The van der Waals surface area contributed by atoms with Gasteiger partial charge in [0.1, 0.15) is 5.75 Å². The number of nitrogens with zero attached hydrogens (tertiary/aromatic N) is 2. The third-order valence-corrected chi connectivity index (χ3v) is 3.92. The molecule has 1 saturated carbocycles. The number of hydrogen-bond donors (Lipinski definition) is 1. The fourth-order valence-corrected chi connectivity index (χ4v) is 2.71. The average Bonchev–Trinajstić information content (AvgIpc) is 3.15. The summed E-state index contributed by atoms with van der Waals surface area (Å²) in [6, 6.07) is 7.72. The number of benzene rings is 1. The minimum atomic E-state index is -0.419. The SMILES string of the molecule is CCCOc1cccc(-c2nc(C3(N)CCCC3)no2)c1.Cl. The van der Waals surface area contributed by atoms with E-state index in [1.807, 2.05) is 24.3 Å². The van der Waals surface area contributed by atoms with Gasteiger partial charge in [-0.05, 0) is 37.5 Å². The van der Waals surface area contributed by atoms with Crippen molar-refractivity contribution in [3.05, 3.63) is 30.1 Å². The van der Waals surface area contributed by atoms with Crippen LogP contribution in [0.2, 0.25) is 0 Å². The Morgan fingerprint density at radius 1 is 1.32 bits per heavy atom. The summed E-state index contributed by atoms with van der Waals surface area (Å²) in [5.41, 5.74) is 6.80. The number of aromatic nitrogens is 2. The van der Waals surface area contributed by atoms with Crippen LogP contribution >= 0.6 is 12.4 Å². The average molecular weight is 324 g/mol. The van der Waals surface area contributed by atoms with Crippen LogP contribution in [0.1, 0.15) is 44.9 Å². The Kier molecular flexibility index (Phi) is 5.42. The summed E-state index contributed by atoms with van der Waals surface area (Å²) in [6.07, 6.45) is 5.07. The van der Waals surface area contributed by atoms with E-state index in [9.17, 15) is 0 Å². The molecule has 1 aromatic heterocycles. The summed E-state index contributed by atoms with van der Waals surface area (Å²) in [5.74, 6) is 1.94. The van der Waals surface area contributed by atoms with Gasteiger partial charge in [0.2, 0.25) is 0 Å². The highest BCUT2D eigenvalue weighted by Gasteiger charge is 2.36. The summed E-state index contributed by atoms with van der Waals surface area (Å²) >= 11 is 0. The zero-order valence-electron chi connectivity index (χ0n) is 12.7. The zero-order valence-corrected chi connectivity index (χ0v) is 13.6. The van der Waals surface area contributed by atoms with Crippen molar-refractivity contribution in [1.82, 2.24) is 10.1 Å². The van der Waals surface area contributed by atoms with Crippen molar-refractivity contribution in [3.63, 3.8) is 0 Å². The van der Waals surface area contributed by atoms with Crippen LogP contribution in [0.25, 0.3) is 11.5 Å². The first kappa shape index (κ1) is 16.8. The third-order valence-electron chi connectivity index (χ3n) is 3.92. The summed E-state index contributed by atoms with van der Waals surface area (Å²) in [7, 11) is 0. The molecule has 2 N–H and O–H groups in total. The van der Waals surface area contributed by atoms with Crippen molar-refractivity contribution >= 4 is 12.4 Å². The van der Waals surface area contributed by atoms with Gasteiger partial charge in [-0.3, -0.25) is 0 Å². The quantitative estimate of drug-likeness (QED) is 0.908. The molecule has 0 radical (unpaired) electrons. The van der Waals surface area contributed by atoms with Gasteiger partial charge in [0.25, 0.3) is 5.89 Å². The maximum Gasteiger partial charge on any atom is 0.258 e. The smallest absolute Gasteiger partial charge is 0.258 e. The van der Waals surface area contributed by atoms with Crippen LogP contribution in [0.4, 0.5) is 0 Å². The Morgan fingerprint density at radius 3 is 2.82 bits per heavy atom. The maximum absolute atomic E-state index is 6.36. The lowest BCUT2D eigenvalue weighted by Gasteiger charge is -2.17. The minimum Gasteiger partial charge on any atom is -0.494 e. The second-order valence-corrected chi connectivity index (χ2v) is 5.66. The predicted octanol–water partition coefficient (Wildman–Crippen LogP) is 3.68. The second kappa shape index (κ2) is 7.11. The van der Waals surface area contributed by atoms with Crippen molar-refractivity contribution < 1.29 is 9.26 Å². The lowest BCUT2D eigenvalue weighted by atomic mass is 9.99. The molecule has 6 heteroatoms. The number of halogens is 1. The van der Waals surface area contributed by atoms with Crippen molar-refractivity contribution in [3.8, 4) is 17.2 Å². The Bertz CT molecular complexity index is 609. The summed E-state index contributed by atoms with van der Waals surface area (Å²) in [6.45, 7) is 2.78. The van der Waals surface area contributed by atoms with E-state index in [0.29, 0.717) is 18.3 Å². The first-order chi connectivity index (χ1) is 10.2. The molecule has 1 aliphatic carbocycles. The molecule has 0 saturated heterocycles. The Morgan fingerprint density at radius 2 is 2.09 bits per heavy atom. The van der Waals surface area contributed by atoms with Crippen molar-refractivity contribution in [2.75, 3.05) is 6.61 Å². The lowest BCUT2D eigenvalue weighted by Crippen LogP contribution is -2.34. The van der Waals surface area contributed by atoms with Crippen LogP contribution < -0.4 is 10.5 Å². The monoisotopic (exact) mass is 323 g/mol.